The highest BCUT2D eigenvalue weighted by molar-refractivity contribution is 7.89. The number of hydrogen-bond acceptors (Lipinski definition) is 4. The highest BCUT2D eigenvalue weighted by Gasteiger charge is 2.39. The topological polar surface area (TPSA) is 82.9 Å². The van der Waals surface area contributed by atoms with Crippen LogP contribution in [0.25, 0.3) is 0 Å². The predicted molar refractivity (Wildman–Crippen MR) is 61.3 cm³/mol. The van der Waals surface area contributed by atoms with Crippen molar-refractivity contribution in [3.63, 3.8) is 0 Å². The molecule has 96 valence electrons. The van der Waals surface area contributed by atoms with Gasteiger partial charge in [-0.15, -0.1) is 0 Å². The molecule has 0 aromatic carbocycles. The quantitative estimate of drug-likeness (QED) is 0.897. The van der Waals surface area contributed by atoms with Crippen LogP contribution in [0.1, 0.15) is 25.7 Å². The Kier molecular flexibility index (Phi) is 3.32. The molecule has 0 atom stereocenters. The van der Waals surface area contributed by atoms with E-state index in [1.54, 1.807) is 0 Å². The van der Waals surface area contributed by atoms with Crippen LogP contribution in [0.4, 0.5) is 4.39 Å². The van der Waals surface area contributed by atoms with Gasteiger partial charge in [-0.2, -0.15) is 9.98 Å². The van der Waals surface area contributed by atoms with E-state index in [4.69, 9.17) is 5.26 Å². The third kappa shape index (κ3) is 2.35. The molecule has 2 rings (SSSR count). The van der Waals surface area contributed by atoms with Crippen molar-refractivity contribution in [3.05, 3.63) is 24.1 Å². The number of sulfonamides is 1. The van der Waals surface area contributed by atoms with Crippen LogP contribution in [0.5, 0.6) is 0 Å². The number of nitrogens with zero attached hydrogens (tertiary/aromatic N) is 2. The molecule has 1 aliphatic rings. The van der Waals surface area contributed by atoms with Gasteiger partial charge in [0.05, 0.1) is 6.07 Å². The summed E-state index contributed by atoms with van der Waals surface area (Å²) >= 11 is 0. The molecular formula is C11H12FN3O2S. The number of rotatable bonds is 3. The summed E-state index contributed by atoms with van der Waals surface area (Å²) in [6, 6.07) is 4.31. The fourth-order valence-electron chi connectivity index (χ4n) is 2.09. The molecule has 18 heavy (non-hydrogen) atoms. The Hall–Kier alpha value is -1.52. The molecule has 1 fully saturated rings. The second-order valence-electron chi connectivity index (χ2n) is 4.30. The number of halogens is 1. The zero-order valence-corrected chi connectivity index (χ0v) is 10.4. The first-order chi connectivity index (χ1) is 8.49. The first-order valence-corrected chi connectivity index (χ1v) is 7.03. The third-order valence-electron chi connectivity index (χ3n) is 2.98. The van der Waals surface area contributed by atoms with Crippen molar-refractivity contribution in [2.24, 2.45) is 0 Å². The van der Waals surface area contributed by atoms with Crippen LogP contribution < -0.4 is 4.72 Å². The molecule has 0 aliphatic heterocycles. The first-order valence-electron chi connectivity index (χ1n) is 5.55. The average molecular weight is 269 g/mol. The van der Waals surface area contributed by atoms with E-state index >= 15 is 0 Å². The molecule has 1 aliphatic carbocycles. The molecule has 1 aromatic heterocycles. The van der Waals surface area contributed by atoms with Crippen LogP contribution in [0.15, 0.2) is 23.4 Å². The van der Waals surface area contributed by atoms with E-state index in [-0.39, 0.29) is 0 Å². The van der Waals surface area contributed by atoms with Crippen molar-refractivity contribution in [2.75, 3.05) is 0 Å². The van der Waals surface area contributed by atoms with Gasteiger partial charge < -0.3 is 0 Å². The van der Waals surface area contributed by atoms with Gasteiger partial charge in [0.15, 0.2) is 5.82 Å². The second-order valence-corrected chi connectivity index (χ2v) is 5.89. The Morgan fingerprint density at radius 2 is 2.11 bits per heavy atom. The number of nitrogens with one attached hydrogen (secondary N) is 1. The zero-order chi connectivity index (χ0) is 13.2. The maximum atomic E-state index is 13.4. The van der Waals surface area contributed by atoms with Crippen LogP contribution in [0.3, 0.4) is 0 Å². The molecule has 0 bridgehead atoms. The standard InChI is InChI=1S/C11H12FN3O2S/c12-9-4-3-7-14-10(9)18(16,17)15-11(8-13)5-1-2-6-11/h3-4,7,15H,1-2,5-6H2. The van der Waals surface area contributed by atoms with Crippen molar-refractivity contribution in [3.8, 4) is 6.07 Å². The molecule has 0 saturated heterocycles. The van der Waals surface area contributed by atoms with Crippen LogP contribution >= 0.6 is 0 Å². The molecule has 7 heteroatoms. The summed E-state index contributed by atoms with van der Waals surface area (Å²) in [6.45, 7) is 0. The molecule has 1 N–H and O–H groups in total. The van der Waals surface area contributed by atoms with E-state index in [2.05, 4.69) is 9.71 Å². The summed E-state index contributed by atoms with van der Waals surface area (Å²) in [6.07, 6.45) is 3.64. The fourth-order valence-corrected chi connectivity index (χ4v) is 3.47. The second kappa shape index (κ2) is 4.63. The lowest BCUT2D eigenvalue weighted by atomic mass is 10.0. The van der Waals surface area contributed by atoms with Gasteiger partial charge in [-0.3, -0.25) is 0 Å². The molecule has 1 aromatic rings. The summed E-state index contributed by atoms with van der Waals surface area (Å²) in [4.78, 5) is 3.52. The third-order valence-corrected chi connectivity index (χ3v) is 4.45. The highest BCUT2D eigenvalue weighted by Crippen LogP contribution is 2.30. The molecule has 0 unspecified atom stereocenters. The lowest BCUT2D eigenvalue weighted by Gasteiger charge is -2.21. The Labute approximate surface area is 105 Å². The minimum atomic E-state index is -4.10. The van der Waals surface area contributed by atoms with Crippen molar-refractivity contribution in [1.82, 2.24) is 9.71 Å². The minimum Gasteiger partial charge on any atom is -0.241 e. The largest absolute Gasteiger partial charge is 0.262 e. The molecule has 1 heterocycles. The van der Waals surface area contributed by atoms with Crippen molar-refractivity contribution in [1.29, 1.82) is 5.26 Å². The highest BCUT2D eigenvalue weighted by atomic mass is 32.2. The minimum absolute atomic E-state index is 0.442. The normalized spacial score (nSPS) is 18.4. The molecule has 0 amide bonds. The molecule has 1 saturated carbocycles. The molecule has 0 radical (unpaired) electrons. The number of pyridine rings is 1. The van der Waals surface area contributed by atoms with Gasteiger partial charge in [0.1, 0.15) is 5.54 Å². The van der Waals surface area contributed by atoms with Gasteiger partial charge in [-0.1, -0.05) is 12.8 Å². The predicted octanol–water partition coefficient (Wildman–Crippen LogP) is 1.34. The Morgan fingerprint density at radius 1 is 1.44 bits per heavy atom. The van der Waals surface area contributed by atoms with E-state index in [0.29, 0.717) is 12.8 Å². The van der Waals surface area contributed by atoms with Gasteiger partial charge in [0, 0.05) is 6.20 Å². The summed E-state index contributed by atoms with van der Waals surface area (Å²) in [5.41, 5.74) is -1.12. The van der Waals surface area contributed by atoms with Gasteiger partial charge in [-0.05, 0) is 25.0 Å². The SMILES string of the molecule is N#CC1(NS(=O)(=O)c2ncccc2F)CCCC1. The Balaban J connectivity index is 2.34. The van der Waals surface area contributed by atoms with Crippen LogP contribution in [-0.2, 0) is 10.0 Å². The summed E-state index contributed by atoms with van der Waals surface area (Å²) in [7, 11) is -4.10. The van der Waals surface area contributed by atoms with Crippen LogP contribution in [0, 0.1) is 17.1 Å². The maximum Gasteiger partial charge on any atom is 0.262 e. The van der Waals surface area contributed by atoms with Crippen LogP contribution in [0.2, 0.25) is 0 Å². The van der Waals surface area contributed by atoms with E-state index < -0.39 is 26.4 Å². The van der Waals surface area contributed by atoms with Crippen molar-refractivity contribution in [2.45, 2.75) is 36.2 Å². The maximum absolute atomic E-state index is 13.4. The van der Waals surface area contributed by atoms with Crippen molar-refractivity contribution < 1.29 is 12.8 Å². The Morgan fingerprint density at radius 3 is 2.67 bits per heavy atom. The van der Waals surface area contributed by atoms with Gasteiger partial charge in [-0.25, -0.2) is 17.8 Å². The summed E-state index contributed by atoms with van der Waals surface area (Å²) < 4.78 is 39.7. The smallest absolute Gasteiger partial charge is 0.241 e. The van der Waals surface area contributed by atoms with Crippen LogP contribution in [-0.4, -0.2) is 18.9 Å². The van der Waals surface area contributed by atoms with E-state index in [0.717, 1.165) is 18.9 Å². The number of hydrogen-bond donors (Lipinski definition) is 1. The van der Waals surface area contributed by atoms with Gasteiger partial charge in [0.2, 0.25) is 5.03 Å². The molecule has 5 nitrogen and oxygen atoms in total. The summed E-state index contributed by atoms with van der Waals surface area (Å²) in [5.74, 6) is -0.920. The molecular weight excluding hydrogens is 257 g/mol. The summed E-state index contributed by atoms with van der Waals surface area (Å²) in [5, 5.41) is 8.44. The fraction of sp³-hybridized carbons (Fsp3) is 0.455. The average Bonchev–Trinajstić information content (AvgIpc) is 2.78. The van der Waals surface area contributed by atoms with E-state index in [9.17, 15) is 12.8 Å². The first kappa shape index (κ1) is 12.9. The molecule has 0 spiro atoms. The van der Waals surface area contributed by atoms with Gasteiger partial charge >= 0.3 is 0 Å². The number of aromatic nitrogens is 1. The number of nitriles is 1. The van der Waals surface area contributed by atoms with Crippen molar-refractivity contribution >= 4 is 10.0 Å². The zero-order valence-electron chi connectivity index (χ0n) is 9.56. The van der Waals surface area contributed by atoms with E-state index in [1.807, 2.05) is 6.07 Å². The lowest BCUT2D eigenvalue weighted by molar-refractivity contribution is 0.477. The monoisotopic (exact) mass is 269 g/mol. The van der Waals surface area contributed by atoms with E-state index in [1.165, 1.54) is 12.3 Å². The lowest BCUT2D eigenvalue weighted by Crippen LogP contribution is -2.45. The Bertz CT molecular complexity index is 589. The van der Waals surface area contributed by atoms with Gasteiger partial charge in [0.25, 0.3) is 10.0 Å².